The van der Waals surface area contributed by atoms with E-state index in [1.54, 1.807) is 32.9 Å². The van der Waals surface area contributed by atoms with E-state index in [9.17, 15) is 19.8 Å². The Morgan fingerprint density at radius 2 is 1.59 bits per heavy atom. The van der Waals surface area contributed by atoms with Gasteiger partial charge in [0, 0.05) is 12.3 Å². The van der Waals surface area contributed by atoms with Crippen molar-refractivity contribution in [3.8, 4) is 5.75 Å². The van der Waals surface area contributed by atoms with Crippen LogP contribution in [0.15, 0.2) is 78.9 Å². The molecule has 9 nitrogen and oxygen atoms in total. The van der Waals surface area contributed by atoms with E-state index in [4.69, 9.17) is 14.6 Å². The van der Waals surface area contributed by atoms with Crippen LogP contribution >= 0.6 is 0 Å². The molecule has 0 aromatic heterocycles. The molecule has 5 atom stereocenters. The van der Waals surface area contributed by atoms with Gasteiger partial charge in [0.25, 0.3) is 0 Å². The number of carbonyl (C=O) groups excluding carboxylic acids is 2. The van der Waals surface area contributed by atoms with Crippen LogP contribution in [0.5, 0.6) is 5.75 Å². The maximum atomic E-state index is 13.9. The van der Waals surface area contributed by atoms with Crippen molar-refractivity contribution in [2.75, 3.05) is 13.2 Å². The van der Waals surface area contributed by atoms with Gasteiger partial charge < -0.3 is 35.4 Å². The van der Waals surface area contributed by atoms with Gasteiger partial charge in [0.05, 0.1) is 30.9 Å². The molecule has 0 saturated carbocycles. The summed E-state index contributed by atoms with van der Waals surface area (Å²) in [7, 11) is 0. The van der Waals surface area contributed by atoms with Crippen LogP contribution in [0.1, 0.15) is 55.5 Å². The van der Waals surface area contributed by atoms with Crippen LogP contribution in [0, 0.1) is 5.92 Å². The summed E-state index contributed by atoms with van der Waals surface area (Å²) in [5, 5.41) is 37.3. The Morgan fingerprint density at radius 3 is 2.27 bits per heavy atom. The van der Waals surface area contributed by atoms with Crippen LogP contribution in [0.25, 0.3) is 0 Å². The molecule has 0 radical (unpaired) electrons. The Hall–Kier alpha value is -3.92. The van der Waals surface area contributed by atoms with Crippen molar-refractivity contribution in [2.24, 2.45) is 5.92 Å². The van der Waals surface area contributed by atoms with Gasteiger partial charge in [-0.3, -0.25) is 4.79 Å². The second-order valence-corrected chi connectivity index (χ2v) is 12.3. The van der Waals surface area contributed by atoms with Gasteiger partial charge >= 0.3 is 6.09 Å². The van der Waals surface area contributed by atoms with Crippen molar-refractivity contribution in [3.63, 3.8) is 0 Å². The number of ether oxygens (including phenoxy) is 2. The first-order valence-electron chi connectivity index (χ1n) is 15.1. The van der Waals surface area contributed by atoms with E-state index in [1.165, 1.54) is 0 Å². The zero-order valence-electron chi connectivity index (χ0n) is 25.6. The molecule has 2 amide bonds. The van der Waals surface area contributed by atoms with E-state index < -0.39 is 41.9 Å². The molecule has 0 bridgehead atoms. The number of alkyl carbamates (subject to hydrolysis) is 1. The van der Waals surface area contributed by atoms with Crippen LogP contribution in [0.4, 0.5) is 4.79 Å². The molecule has 5 unspecified atom stereocenters. The maximum absolute atomic E-state index is 13.9. The Labute approximate surface area is 259 Å². The predicted octanol–water partition coefficient (Wildman–Crippen LogP) is 3.88. The number of nitrogens with one attached hydrogen (secondary N) is 2. The van der Waals surface area contributed by atoms with Crippen molar-refractivity contribution in [2.45, 2.75) is 76.3 Å². The van der Waals surface area contributed by atoms with Gasteiger partial charge in [0.1, 0.15) is 18.0 Å². The highest BCUT2D eigenvalue weighted by Crippen LogP contribution is 2.32. The zero-order valence-corrected chi connectivity index (χ0v) is 25.6. The summed E-state index contributed by atoms with van der Waals surface area (Å²) in [5.41, 5.74) is 2.91. The van der Waals surface area contributed by atoms with Crippen LogP contribution in [0.2, 0.25) is 0 Å². The van der Waals surface area contributed by atoms with E-state index in [2.05, 4.69) is 10.6 Å². The number of aliphatic hydroxyl groups excluding tert-OH is 3. The molecule has 236 valence electrons. The quantitative estimate of drug-likeness (QED) is 0.200. The summed E-state index contributed by atoms with van der Waals surface area (Å²) in [6.07, 6.45) is -1.37. The first kappa shape index (κ1) is 33.0. The van der Waals surface area contributed by atoms with E-state index in [0.29, 0.717) is 25.0 Å². The number of amides is 2. The minimum atomic E-state index is -1.09. The molecule has 4 rings (SSSR count). The predicted molar refractivity (Wildman–Crippen MR) is 167 cm³/mol. The lowest BCUT2D eigenvalue weighted by molar-refractivity contribution is -0.127. The fraction of sp³-hybridized carbons (Fsp3) is 0.429. The molecule has 0 saturated heterocycles. The number of hydrogen-bond donors (Lipinski definition) is 5. The van der Waals surface area contributed by atoms with Gasteiger partial charge in [-0.15, -0.1) is 0 Å². The first-order chi connectivity index (χ1) is 21.0. The van der Waals surface area contributed by atoms with Crippen molar-refractivity contribution < 1.29 is 34.4 Å². The summed E-state index contributed by atoms with van der Waals surface area (Å²) >= 11 is 0. The Balaban J connectivity index is 1.56. The normalized spacial score (nSPS) is 18.0. The van der Waals surface area contributed by atoms with Crippen LogP contribution in [-0.4, -0.2) is 64.4 Å². The van der Waals surface area contributed by atoms with E-state index in [1.807, 2.05) is 66.7 Å². The maximum Gasteiger partial charge on any atom is 0.407 e. The fourth-order valence-corrected chi connectivity index (χ4v) is 5.54. The third-order valence-electron chi connectivity index (χ3n) is 7.63. The molecule has 1 aliphatic rings. The lowest BCUT2D eigenvalue weighted by atomic mass is 9.88. The minimum Gasteiger partial charge on any atom is -0.491 e. The van der Waals surface area contributed by atoms with Crippen molar-refractivity contribution >= 4 is 12.0 Å². The summed E-state index contributed by atoms with van der Waals surface area (Å²) in [4.78, 5) is 26.7. The fourth-order valence-electron chi connectivity index (χ4n) is 5.54. The monoisotopic (exact) mass is 604 g/mol. The van der Waals surface area contributed by atoms with Crippen LogP contribution in [-0.2, 0) is 28.8 Å². The third-order valence-corrected chi connectivity index (χ3v) is 7.63. The van der Waals surface area contributed by atoms with E-state index in [-0.39, 0.29) is 25.5 Å². The Bertz CT molecular complexity index is 1360. The molecule has 0 fully saturated rings. The van der Waals surface area contributed by atoms with Gasteiger partial charge in [-0.25, -0.2) is 4.79 Å². The SMILES string of the molecule is CC(C)(C)OC(=O)NC(Cc1ccccc1)C(O)CC(Cc1ccc(OCCO)cc1)C(=O)NC1c2ccccc2CC1O. The van der Waals surface area contributed by atoms with Crippen LogP contribution < -0.4 is 15.4 Å². The Morgan fingerprint density at radius 1 is 0.932 bits per heavy atom. The van der Waals surface area contributed by atoms with Gasteiger partial charge in [0.15, 0.2) is 0 Å². The molecule has 0 spiro atoms. The highest BCUT2D eigenvalue weighted by atomic mass is 16.6. The molecule has 44 heavy (non-hydrogen) atoms. The largest absolute Gasteiger partial charge is 0.491 e. The number of hydrogen-bond acceptors (Lipinski definition) is 7. The number of carbonyl (C=O) groups is 2. The number of rotatable bonds is 13. The number of aliphatic hydroxyl groups is 3. The van der Waals surface area contributed by atoms with Crippen molar-refractivity contribution in [1.82, 2.24) is 10.6 Å². The molecular weight excluding hydrogens is 560 g/mol. The molecule has 5 N–H and O–H groups in total. The van der Waals surface area contributed by atoms with Crippen molar-refractivity contribution in [1.29, 1.82) is 0 Å². The lowest BCUT2D eigenvalue weighted by Crippen LogP contribution is -2.48. The van der Waals surface area contributed by atoms with Gasteiger partial charge in [-0.05, 0) is 74.4 Å². The second-order valence-electron chi connectivity index (χ2n) is 12.3. The highest BCUT2D eigenvalue weighted by Gasteiger charge is 2.35. The average molecular weight is 605 g/mol. The van der Waals surface area contributed by atoms with Gasteiger partial charge in [-0.1, -0.05) is 66.7 Å². The third kappa shape index (κ3) is 9.54. The molecule has 3 aromatic carbocycles. The summed E-state index contributed by atoms with van der Waals surface area (Å²) < 4.78 is 11.0. The summed E-state index contributed by atoms with van der Waals surface area (Å²) in [6, 6.07) is 23.1. The first-order valence-corrected chi connectivity index (χ1v) is 15.1. The number of fused-ring (bicyclic) bond motifs is 1. The zero-order chi connectivity index (χ0) is 31.7. The van der Waals surface area contributed by atoms with Crippen LogP contribution in [0.3, 0.4) is 0 Å². The molecule has 0 aliphatic heterocycles. The summed E-state index contributed by atoms with van der Waals surface area (Å²) in [6.45, 7) is 5.39. The Kier molecular flexibility index (Phi) is 11.4. The second kappa shape index (κ2) is 15.2. The average Bonchev–Trinajstić information content (AvgIpc) is 3.30. The van der Waals surface area contributed by atoms with Gasteiger partial charge in [0.2, 0.25) is 5.91 Å². The minimum absolute atomic E-state index is 0.0480. The molecule has 3 aromatic rings. The molecule has 1 aliphatic carbocycles. The number of benzene rings is 3. The standard InChI is InChI=1S/C35H44N2O7/c1-35(2,3)44-34(42)36-29(20-23-9-5-4-6-10-23)30(39)22-26(19-24-13-15-27(16-14-24)43-18-17-38)33(41)37-32-28-12-8-7-11-25(28)21-31(32)40/h4-16,26,29-32,38-40H,17-22H2,1-3H3,(H,36,42)(H,37,41). The van der Waals surface area contributed by atoms with Gasteiger partial charge in [-0.2, -0.15) is 0 Å². The molecular formula is C35H44N2O7. The smallest absolute Gasteiger partial charge is 0.407 e. The molecule has 9 heteroatoms. The van der Waals surface area contributed by atoms with E-state index in [0.717, 1.165) is 22.3 Å². The molecule has 0 heterocycles. The summed E-state index contributed by atoms with van der Waals surface area (Å²) in [5.74, 6) is -0.395. The lowest BCUT2D eigenvalue weighted by Gasteiger charge is -2.29. The van der Waals surface area contributed by atoms with Crippen molar-refractivity contribution in [3.05, 3.63) is 101 Å². The topological polar surface area (TPSA) is 137 Å². The van der Waals surface area contributed by atoms with E-state index >= 15 is 0 Å². The highest BCUT2D eigenvalue weighted by molar-refractivity contribution is 5.80.